The topological polar surface area (TPSA) is 98.5 Å². The van der Waals surface area contributed by atoms with Crippen LogP contribution in [0.1, 0.15) is 37.2 Å². The summed E-state index contributed by atoms with van der Waals surface area (Å²) in [5.41, 5.74) is 2.65. The fourth-order valence-corrected chi connectivity index (χ4v) is 2.37. The van der Waals surface area contributed by atoms with Crippen LogP contribution in [0, 0.1) is 13.8 Å². The van der Waals surface area contributed by atoms with Gasteiger partial charge in [-0.1, -0.05) is 0 Å². The van der Waals surface area contributed by atoms with Crippen molar-refractivity contribution in [1.29, 1.82) is 0 Å². The Morgan fingerprint density at radius 2 is 2.13 bits per heavy atom. The first-order valence-electron chi connectivity index (χ1n) is 7.57. The van der Waals surface area contributed by atoms with Gasteiger partial charge in [-0.15, -0.1) is 0 Å². The molecule has 23 heavy (non-hydrogen) atoms. The van der Waals surface area contributed by atoms with Crippen molar-refractivity contribution in [2.24, 2.45) is 0 Å². The van der Waals surface area contributed by atoms with Gasteiger partial charge in [0.1, 0.15) is 6.33 Å². The van der Waals surface area contributed by atoms with Crippen molar-refractivity contribution in [2.75, 3.05) is 6.54 Å². The van der Waals surface area contributed by atoms with Crippen LogP contribution in [0.3, 0.4) is 0 Å². The molecule has 0 saturated carbocycles. The molecule has 0 unspecified atom stereocenters. The van der Waals surface area contributed by atoms with Gasteiger partial charge in [0, 0.05) is 24.4 Å². The molecule has 0 radical (unpaired) electrons. The number of nitrogens with one attached hydrogen (secondary N) is 1. The second-order valence-corrected chi connectivity index (χ2v) is 5.26. The molecule has 2 heterocycles. The quantitative estimate of drug-likeness (QED) is 0.789. The molecule has 8 heteroatoms. The normalized spacial score (nSPS) is 12.2. The minimum atomic E-state index is -0.791. The van der Waals surface area contributed by atoms with Crippen molar-refractivity contribution in [3.8, 4) is 0 Å². The molecule has 0 aromatic carbocycles. The predicted molar refractivity (Wildman–Crippen MR) is 82.8 cm³/mol. The van der Waals surface area contributed by atoms with Gasteiger partial charge in [-0.05, 0) is 39.7 Å². The number of carbonyl (C=O) groups is 2. The monoisotopic (exact) mass is 319 g/mol. The summed E-state index contributed by atoms with van der Waals surface area (Å²) in [6.45, 7) is 7.66. The number of esters is 1. The molecule has 124 valence electrons. The number of aromatic nitrogens is 4. The molecule has 1 amide bonds. The third-order valence-corrected chi connectivity index (χ3v) is 3.60. The summed E-state index contributed by atoms with van der Waals surface area (Å²) in [5, 5.41) is 6.73. The van der Waals surface area contributed by atoms with Gasteiger partial charge in [-0.25, -0.2) is 9.50 Å². The third-order valence-electron chi connectivity index (χ3n) is 3.60. The van der Waals surface area contributed by atoms with E-state index in [1.807, 2.05) is 20.8 Å². The van der Waals surface area contributed by atoms with Crippen LogP contribution in [-0.2, 0) is 20.7 Å². The Morgan fingerprint density at radius 1 is 1.39 bits per heavy atom. The summed E-state index contributed by atoms with van der Waals surface area (Å²) in [7, 11) is 0. The number of hydrogen-bond acceptors (Lipinski definition) is 6. The first kappa shape index (κ1) is 16.9. The highest BCUT2D eigenvalue weighted by Gasteiger charge is 2.18. The van der Waals surface area contributed by atoms with Crippen LogP contribution in [0.5, 0.6) is 0 Å². The highest BCUT2D eigenvalue weighted by molar-refractivity contribution is 5.83. The molecular formula is C15H21N5O3. The Labute approximate surface area is 134 Å². The van der Waals surface area contributed by atoms with E-state index in [2.05, 4.69) is 20.4 Å². The van der Waals surface area contributed by atoms with E-state index in [4.69, 9.17) is 4.74 Å². The number of rotatable bonds is 6. The number of carbonyl (C=O) groups excluding carboxylic acids is 2. The fourth-order valence-electron chi connectivity index (χ4n) is 2.37. The molecule has 0 bridgehead atoms. The van der Waals surface area contributed by atoms with E-state index in [9.17, 15) is 9.59 Å². The number of likely N-dealkylation sites (N-methyl/N-ethyl adjacent to an activating group) is 1. The summed E-state index contributed by atoms with van der Waals surface area (Å²) in [4.78, 5) is 31.9. The van der Waals surface area contributed by atoms with Crippen molar-refractivity contribution in [1.82, 2.24) is 24.9 Å². The number of amides is 1. The molecule has 0 aliphatic heterocycles. The number of fused-ring (bicyclic) bond motifs is 1. The van der Waals surface area contributed by atoms with Crippen LogP contribution in [0.15, 0.2) is 6.33 Å². The molecular weight excluding hydrogens is 298 g/mol. The molecule has 2 aromatic rings. The molecule has 0 aliphatic carbocycles. The van der Waals surface area contributed by atoms with Crippen LogP contribution in [-0.4, -0.2) is 44.1 Å². The average Bonchev–Trinajstić information content (AvgIpc) is 2.95. The Kier molecular flexibility index (Phi) is 5.25. The highest BCUT2D eigenvalue weighted by Crippen LogP contribution is 2.15. The lowest BCUT2D eigenvalue weighted by Crippen LogP contribution is -2.35. The van der Waals surface area contributed by atoms with Gasteiger partial charge in [0.05, 0.1) is 0 Å². The summed E-state index contributed by atoms with van der Waals surface area (Å²) in [6, 6.07) is 0. The fraction of sp³-hybridized carbons (Fsp3) is 0.533. The Hall–Kier alpha value is -2.51. The van der Waals surface area contributed by atoms with Crippen molar-refractivity contribution < 1.29 is 14.3 Å². The van der Waals surface area contributed by atoms with Crippen LogP contribution in [0.4, 0.5) is 0 Å². The van der Waals surface area contributed by atoms with E-state index in [1.165, 1.54) is 6.33 Å². The van der Waals surface area contributed by atoms with E-state index >= 15 is 0 Å². The first-order chi connectivity index (χ1) is 10.9. The average molecular weight is 319 g/mol. The van der Waals surface area contributed by atoms with Crippen LogP contribution in [0.2, 0.25) is 0 Å². The Bertz CT molecular complexity index is 725. The van der Waals surface area contributed by atoms with Gasteiger partial charge < -0.3 is 10.1 Å². The second-order valence-electron chi connectivity index (χ2n) is 5.26. The Morgan fingerprint density at radius 3 is 2.83 bits per heavy atom. The Balaban J connectivity index is 2.00. The van der Waals surface area contributed by atoms with E-state index in [1.54, 1.807) is 11.4 Å². The van der Waals surface area contributed by atoms with Gasteiger partial charge >= 0.3 is 5.97 Å². The molecule has 0 fully saturated rings. The molecule has 2 aromatic heterocycles. The van der Waals surface area contributed by atoms with Crippen molar-refractivity contribution in [3.05, 3.63) is 23.3 Å². The minimum absolute atomic E-state index is 0.174. The van der Waals surface area contributed by atoms with Gasteiger partial charge in [0.15, 0.2) is 6.10 Å². The maximum Gasteiger partial charge on any atom is 0.306 e. The van der Waals surface area contributed by atoms with Crippen molar-refractivity contribution in [2.45, 2.75) is 46.6 Å². The summed E-state index contributed by atoms with van der Waals surface area (Å²) in [5.74, 6) is -0.170. The molecule has 0 aliphatic rings. The highest BCUT2D eigenvalue weighted by atomic mass is 16.5. The molecule has 0 spiro atoms. The van der Waals surface area contributed by atoms with E-state index < -0.39 is 12.1 Å². The lowest BCUT2D eigenvalue weighted by Gasteiger charge is -2.13. The summed E-state index contributed by atoms with van der Waals surface area (Å²) in [6.07, 6.45) is 1.30. The maximum atomic E-state index is 11.9. The molecule has 1 atom stereocenters. The van der Waals surface area contributed by atoms with E-state index in [-0.39, 0.29) is 12.3 Å². The molecule has 8 nitrogen and oxygen atoms in total. The number of ether oxygens (including phenoxy) is 1. The number of aryl methyl sites for hydroxylation is 2. The van der Waals surface area contributed by atoms with E-state index in [0.29, 0.717) is 18.7 Å². The van der Waals surface area contributed by atoms with Crippen LogP contribution >= 0.6 is 0 Å². The zero-order valence-electron chi connectivity index (χ0n) is 13.8. The largest absolute Gasteiger partial charge is 0.453 e. The summed E-state index contributed by atoms with van der Waals surface area (Å²) < 4.78 is 6.78. The molecule has 1 N–H and O–H groups in total. The zero-order valence-corrected chi connectivity index (χ0v) is 13.8. The molecule has 0 saturated heterocycles. The number of hydrogen-bond donors (Lipinski definition) is 1. The maximum absolute atomic E-state index is 11.9. The first-order valence-corrected chi connectivity index (χ1v) is 7.57. The smallest absolute Gasteiger partial charge is 0.306 e. The lowest BCUT2D eigenvalue weighted by molar-refractivity contribution is -0.154. The van der Waals surface area contributed by atoms with Gasteiger partial charge in [0.2, 0.25) is 0 Å². The number of nitrogens with zero attached hydrogens (tertiary/aromatic N) is 4. The van der Waals surface area contributed by atoms with E-state index in [0.717, 1.165) is 17.0 Å². The lowest BCUT2D eigenvalue weighted by atomic mass is 10.1. The van der Waals surface area contributed by atoms with Crippen LogP contribution < -0.4 is 5.32 Å². The van der Waals surface area contributed by atoms with Gasteiger partial charge in [0.25, 0.3) is 11.7 Å². The zero-order chi connectivity index (χ0) is 17.0. The predicted octanol–water partition coefficient (Wildman–Crippen LogP) is 0.742. The van der Waals surface area contributed by atoms with Gasteiger partial charge in [-0.3, -0.25) is 9.59 Å². The SMILES string of the molecule is CCNC(=O)[C@@H](C)OC(=O)CCc1c(C)nc2ncnn2c1C. The second kappa shape index (κ2) is 7.17. The standard InChI is InChI=1S/C15H21N5O3/c1-5-16-14(22)11(4)23-13(21)7-6-12-9(2)19-15-17-8-18-20(15)10(12)3/h8,11H,5-7H2,1-4H3,(H,16,22)/t11-/m1/s1. The van der Waals surface area contributed by atoms with Gasteiger partial charge in [-0.2, -0.15) is 10.1 Å². The summed E-state index contributed by atoms with van der Waals surface area (Å²) >= 11 is 0. The molecule has 2 rings (SSSR count). The van der Waals surface area contributed by atoms with Crippen molar-refractivity contribution >= 4 is 17.7 Å². The van der Waals surface area contributed by atoms with Crippen LogP contribution in [0.25, 0.3) is 5.78 Å². The minimum Gasteiger partial charge on any atom is -0.453 e. The van der Waals surface area contributed by atoms with Crippen molar-refractivity contribution in [3.63, 3.8) is 0 Å². The third kappa shape index (κ3) is 3.82.